The molecule has 0 amide bonds. The summed E-state index contributed by atoms with van der Waals surface area (Å²) in [6, 6.07) is 8.95. The third-order valence-corrected chi connectivity index (χ3v) is 4.46. The number of hydrogen-bond acceptors (Lipinski definition) is 1. The number of aryl methyl sites for hydroxylation is 1. The third kappa shape index (κ3) is 4.92. The van der Waals surface area contributed by atoms with Crippen molar-refractivity contribution in [3.8, 4) is 0 Å². The van der Waals surface area contributed by atoms with Gasteiger partial charge in [0.25, 0.3) is 0 Å². The van der Waals surface area contributed by atoms with E-state index in [4.69, 9.17) is 5.73 Å². The fourth-order valence-electron chi connectivity index (χ4n) is 2.71. The van der Waals surface area contributed by atoms with Crippen molar-refractivity contribution in [2.24, 2.45) is 5.73 Å². The van der Waals surface area contributed by atoms with Crippen LogP contribution in [-0.4, -0.2) is 6.04 Å². The Morgan fingerprint density at radius 2 is 1.95 bits per heavy atom. The fraction of sp³-hybridized carbons (Fsp3) is 0.444. The monoisotopic (exact) mass is 333 g/mol. The van der Waals surface area contributed by atoms with Crippen molar-refractivity contribution in [2.75, 3.05) is 0 Å². The maximum atomic E-state index is 6.26. The molecule has 0 radical (unpaired) electrons. The Hall–Kier alpha value is -0.860. The molecule has 108 valence electrons. The molecule has 1 aromatic rings. The van der Waals surface area contributed by atoms with Crippen LogP contribution in [0.15, 0.2) is 48.1 Å². The van der Waals surface area contributed by atoms with Crippen molar-refractivity contribution in [1.82, 2.24) is 0 Å². The first-order valence-corrected chi connectivity index (χ1v) is 8.65. The number of benzene rings is 1. The van der Waals surface area contributed by atoms with Crippen LogP contribution in [0.5, 0.6) is 0 Å². The van der Waals surface area contributed by atoms with Crippen molar-refractivity contribution in [3.63, 3.8) is 0 Å². The van der Waals surface area contributed by atoms with Crippen molar-refractivity contribution in [1.29, 1.82) is 0 Å². The predicted molar refractivity (Wildman–Crippen MR) is 91.1 cm³/mol. The summed E-state index contributed by atoms with van der Waals surface area (Å²) in [7, 11) is 0. The molecule has 2 heteroatoms. The van der Waals surface area contributed by atoms with Gasteiger partial charge < -0.3 is 5.73 Å². The number of hydrogen-bond donors (Lipinski definition) is 1. The molecule has 1 aliphatic carbocycles. The SMILES string of the molecule is NC(CCCc1ccccc1CBr)CC1=CCCC=C1. The van der Waals surface area contributed by atoms with E-state index >= 15 is 0 Å². The molecular formula is C18H24BrN. The van der Waals surface area contributed by atoms with Crippen LogP contribution in [0.4, 0.5) is 0 Å². The molecule has 0 saturated carbocycles. The second-order valence-corrected chi connectivity index (χ2v) is 6.08. The summed E-state index contributed by atoms with van der Waals surface area (Å²) in [5, 5.41) is 0.937. The summed E-state index contributed by atoms with van der Waals surface area (Å²) in [4.78, 5) is 0. The first kappa shape index (κ1) is 15.5. The molecule has 1 unspecified atom stereocenters. The number of rotatable bonds is 7. The van der Waals surface area contributed by atoms with Crippen LogP contribution in [0, 0.1) is 0 Å². The van der Waals surface area contributed by atoms with Gasteiger partial charge in [-0.15, -0.1) is 0 Å². The number of halogens is 1. The molecule has 2 N–H and O–H groups in total. The molecule has 1 atom stereocenters. The summed E-state index contributed by atoms with van der Waals surface area (Å²) < 4.78 is 0. The van der Waals surface area contributed by atoms with E-state index in [0.717, 1.165) is 24.6 Å². The fourth-order valence-corrected chi connectivity index (χ4v) is 3.26. The number of nitrogens with two attached hydrogens (primary N) is 1. The highest BCUT2D eigenvalue weighted by atomic mass is 79.9. The van der Waals surface area contributed by atoms with Crippen LogP contribution in [0.1, 0.15) is 43.2 Å². The first-order valence-electron chi connectivity index (χ1n) is 7.53. The average Bonchev–Trinajstić information content (AvgIpc) is 2.49. The van der Waals surface area contributed by atoms with Crippen LogP contribution in [0.2, 0.25) is 0 Å². The minimum absolute atomic E-state index is 0.292. The van der Waals surface area contributed by atoms with E-state index in [2.05, 4.69) is 58.4 Å². The van der Waals surface area contributed by atoms with Gasteiger partial charge in [-0.2, -0.15) is 0 Å². The first-order chi connectivity index (χ1) is 9.79. The Morgan fingerprint density at radius 3 is 2.65 bits per heavy atom. The molecule has 0 aromatic heterocycles. The molecule has 0 saturated heterocycles. The summed E-state index contributed by atoms with van der Waals surface area (Å²) in [5.41, 5.74) is 10.5. The lowest BCUT2D eigenvalue weighted by atomic mass is 9.96. The molecule has 0 fully saturated rings. The predicted octanol–water partition coefficient (Wildman–Crippen LogP) is 4.90. The van der Waals surface area contributed by atoms with Crippen molar-refractivity contribution in [3.05, 3.63) is 59.2 Å². The highest BCUT2D eigenvalue weighted by Crippen LogP contribution is 2.18. The minimum atomic E-state index is 0.292. The van der Waals surface area contributed by atoms with Gasteiger partial charge in [0.2, 0.25) is 0 Å². The maximum absolute atomic E-state index is 6.26. The smallest absolute Gasteiger partial charge is 0.0285 e. The Balaban J connectivity index is 1.75. The van der Waals surface area contributed by atoms with Gasteiger partial charge in [-0.05, 0) is 49.7 Å². The van der Waals surface area contributed by atoms with E-state index in [0.29, 0.717) is 6.04 Å². The molecule has 20 heavy (non-hydrogen) atoms. The molecule has 1 aromatic carbocycles. The molecule has 0 spiro atoms. The van der Waals surface area contributed by atoms with E-state index in [1.165, 1.54) is 36.0 Å². The van der Waals surface area contributed by atoms with E-state index in [-0.39, 0.29) is 0 Å². The lowest BCUT2D eigenvalue weighted by molar-refractivity contribution is 0.579. The van der Waals surface area contributed by atoms with Crippen LogP contribution in [-0.2, 0) is 11.8 Å². The van der Waals surface area contributed by atoms with Gasteiger partial charge in [0.1, 0.15) is 0 Å². The highest BCUT2D eigenvalue weighted by molar-refractivity contribution is 9.08. The van der Waals surface area contributed by atoms with Crippen molar-refractivity contribution in [2.45, 2.75) is 49.9 Å². The van der Waals surface area contributed by atoms with Gasteiger partial charge in [0.05, 0.1) is 0 Å². The van der Waals surface area contributed by atoms with Crippen molar-refractivity contribution >= 4 is 15.9 Å². The van der Waals surface area contributed by atoms with Gasteiger partial charge in [-0.3, -0.25) is 0 Å². The standard InChI is InChI=1S/C18H24BrN/c19-14-17-10-5-4-9-16(17)11-6-12-18(20)13-15-7-2-1-3-8-15/h2,4-5,7-10,18H,1,3,6,11-14,20H2. The molecular weight excluding hydrogens is 310 g/mol. The van der Waals surface area contributed by atoms with Crippen LogP contribution < -0.4 is 5.73 Å². The Bertz CT molecular complexity index is 476. The molecule has 0 heterocycles. The minimum Gasteiger partial charge on any atom is -0.327 e. The van der Waals surface area contributed by atoms with Gasteiger partial charge in [0.15, 0.2) is 0 Å². The van der Waals surface area contributed by atoms with E-state index in [1.807, 2.05) is 0 Å². The summed E-state index contributed by atoms with van der Waals surface area (Å²) in [5.74, 6) is 0. The van der Waals surface area contributed by atoms with Crippen LogP contribution in [0.3, 0.4) is 0 Å². The zero-order valence-corrected chi connectivity index (χ0v) is 13.6. The molecule has 2 rings (SSSR count). The molecule has 1 nitrogen and oxygen atoms in total. The zero-order valence-electron chi connectivity index (χ0n) is 12.0. The van der Waals surface area contributed by atoms with Gasteiger partial charge in [0, 0.05) is 11.4 Å². The van der Waals surface area contributed by atoms with Gasteiger partial charge in [-0.1, -0.05) is 64.0 Å². The topological polar surface area (TPSA) is 26.0 Å². The number of alkyl halides is 1. The van der Waals surface area contributed by atoms with Crippen LogP contribution >= 0.6 is 15.9 Å². The zero-order chi connectivity index (χ0) is 14.2. The van der Waals surface area contributed by atoms with Crippen LogP contribution in [0.25, 0.3) is 0 Å². The molecule has 1 aliphatic rings. The van der Waals surface area contributed by atoms with E-state index in [9.17, 15) is 0 Å². The second-order valence-electron chi connectivity index (χ2n) is 5.52. The molecule has 0 aliphatic heterocycles. The summed E-state index contributed by atoms with van der Waals surface area (Å²) in [6.45, 7) is 0. The van der Waals surface area contributed by atoms with Gasteiger partial charge in [-0.25, -0.2) is 0 Å². The lowest BCUT2D eigenvalue weighted by Gasteiger charge is -2.14. The second kappa shape index (κ2) is 8.43. The average molecular weight is 334 g/mol. The van der Waals surface area contributed by atoms with E-state index < -0.39 is 0 Å². The van der Waals surface area contributed by atoms with E-state index in [1.54, 1.807) is 0 Å². The Morgan fingerprint density at radius 1 is 1.15 bits per heavy atom. The Kier molecular flexibility index (Phi) is 6.55. The lowest BCUT2D eigenvalue weighted by Crippen LogP contribution is -2.20. The van der Waals surface area contributed by atoms with Crippen molar-refractivity contribution < 1.29 is 0 Å². The molecule has 0 bridgehead atoms. The number of allylic oxidation sites excluding steroid dienone is 3. The largest absolute Gasteiger partial charge is 0.327 e. The third-order valence-electron chi connectivity index (χ3n) is 3.85. The highest BCUT2D eigenvalue weighted by Gasteiger charge is 2.07. The summed E-state index contributed by atoms with van der Waals surface area (Å²) >= 11 is 3.56. The Labute approximate surface area is 131 Å². The normalized spacial score (nSPS) is 16.0. The maximum Gasteiger partial charge on any atom is 0.0285 e. The summed E-state index contributed by atoms with van der Waals surface area (Å²) in [6.07, 6.45) is 13.6. The quantitative estimate of drug-likeness (QED) is 0.705. The van der Waals surface area contributed by atoms with Gasteiger partial charge >= 0.3 is 0 Å².